The van der Waals surface area contributed by atoms with Crippen molar-refractivity contribution >= 4 is 31.6 Å². The van der Waals surface area contributed by atoms with Crippen LogP contribution in [-0.4, -0.2) is 23.6 Å². The number of sulfone groups is 1. The quantitative estimate of drug-likeness (QED) is 0.633. The molecule has 1 atom stereocenters. The van der Waals surface area contributed by atoms with Crippen molar-refractivity contribution in [2.24, 2.45) is 0 Å². The molecule has 0 saturated carbocycles. The van der Waals surface area contributed by atoms with E-state index in [-0.39, 0.29) is 5.75 Å². The van der Waals surface area contributed by atoms with Gasteiger partial charge in [0.25, 0.3) is 0 Å². The number of aryl methyl sites for hydroxylation is 1. The minimum absolute atomic E-state index is 0.0770. The Kier molecular flexibility index (Phi) is 4.15. The molecule has 0 aromatic heterocycles. The van der Waals surface area contributed by atoms with Crippen LogP contribution in [0.15, 0.2) is 24.3 Å². The minimum Gasteiger partial charge on any atom is -0.291 e. The van der Waals surface area contributed by atoms with Gasteiger partial charge in [0.15, 0.2) is 19.3 Å². The highest BCUT2D eigenvalue weighted by Gasteiger charge is 2.42. The number of Topliss-reactive ketones (excluding diaryl/α,β-unsaturated/α-hetero) is 1. The molecule has 1 rings (SSSR count). The SMILES string of the molecule is CCS(=O)(=O)[C@](C)(Br)C(=O)c1ccc(C)cc1. The Labute approximate surface area is 110 Å². The molecule has 0 amide bonds. The van der Waals surface area contributed by atoms with Gasteiger partial charge in [-0.2, -0.15) is 0 Å². The van der Waals surface area contributed by atoms with Crippen LogP contribution in [0.25, 0.3) is 0 Å². The van der Waals surface area contributed by atoms with E-state index < -0.39 is 19.3 Å². The van der Waals surface area contributed by atoms with Gasteiger partial charge in [-0.3, -0.25) is 4.79 Å². The van der Waals surface area contributed by atoms with Crippen LogP contribution in [-0.2, 0) is 9.84 Å². The van der Waals surface area contributed by atoms with Crippen LogP contribution in [0.3, 0.4) is 0 Å². The van der Waals surface area contributed by atoms with Crippen molar-refractivity contribution in [2.75, 3.05) is 5.75 Å². The van der Waals surface area contributed by atoms with Crippen LogP contribution in [0.4, 0.5) is 0 Å². The zero-order valence-electron chi connectivity index (χ0n) is 10.0. The van der Waals surface area contributed by atoms with Crippen molar-refractivity contribution in [3.05, 3.63) is 35.4 Å². The molecule has 0 saturated heterocycles. The van der Waals surface area contributed by atoms with Crippen LogP contribution in [0.2, 0.25) is 0 Å². The summed E-state index contributed by atoms with van der Waals surface area (Å²) < 4.78 is 22.1. The first-order chi connectivity index (χ1) is 7.72. The topological polar surface area (TPSA) is 51.2 Å². The number of halogens is 1. The molecule has 0 aliphatic heterocycles. The van der Waals surface area contributed by atoms with Crippen molar-refractivity contribution in [2.45, 2.75) is 24.4 Å². The standard InChI is InChI=1S/C12H15BrO3S/c1-4-17(15,16)12(3,13)11(14)10-7-5-9(2)6-8-10/h5-8H,4H2,1-3H3/t12-/m0/s1. The molecule has 0 aliphatic rings. The normalized spacial score (nSPS) is 15.3. The summed E-state index contributed by atoms with van der Waals surface area (Å²) >= 11 is 3.05. The molecule has 0 unspecified atom stereocenters. The second-order valence-electron chi connectivity index (χ2n) is 4.02. The Morgan fingerprint density at radius 3 is 2.18 bits per heavy atom. The van der Waals surface area contributed by atoms with Gasteiger partial charge in [0, 0.05) is 11.3 Å². The first kappa shape index (κ1) is 14.4. The summed E-state index contributed by atoms with van der Waals surface area (Å²) in [5.41, 5.74) is 1.42. The lowest BCUT2D eigenvalue weighted by atomic mass is 10.1. The van der Waals surface area contributed by atoms with E-state index in [1.54, 1.807) is 24.3 Å². The lowest BCUT2D eigenvalue weighted by Crippen LogP contribution is -2.38. The molecule has 1 aromatic carbocycles. The summed E-state index contributed by atoms with van der Waals surface area (Å²) in [4.78, 5) is 12.2. The summed E-state index contributed by atoms with van der Waals surface area (Å²) in [5.74, 6) is -0.508. The van der Waals surface area contributed by atoms with Crippen molar-refractivity contribution in [3.8, 4) is 0 Å². The van der Waals surface area contributed by atoms with E-state index in [2.05, 4.69) is 15.9 Å². The number of carbonyl (C=O) groups is 1. The minimum atomic E-state index is -3.49. The molecule has 5 heteroatoms. The van der Waals surface area contributed by atoms with E-state index in [0.29, 0.717) is 5.56 Å². The molecule has 0 aliphatic carbocycles. The number of hydrogen-bond acceptors (Lipinski definition) is 3. The first-order valence-corrected chi connectivity index (χ1v) is 7.69. The number of hydrogen-bond donors (Lipinski definition) is 0. The molecule has 0 radical (unpaired) electrons. The monoisotopic (exact) mass is 318 g/mol. The third kappa shape index (κ3) is 2.77. The summed E-state index contributed by atoms with van der Waals surface area (Å²) in [5, 5.41) is 0. The zero-order chi connectivity index (χ0) is 13.3. The third-order valence-corrected chi connectivity index (χ3v) is 6.64. The second kappa shape index (κ2) is 4.90. The molecular weight excluding hydrogens is 304 g/mol. The maximum absolute atomic E-state index is 12.2. The number of rotatable bonds is 4. The van der Waals surface area contributed by atoms with Gasteiger partial charge in [-0.25, -0.2) is 8.42 Å². The van der Waals surface area contributed by atoms with Gasteiger partial charge < -0.3 is 0 Å². The van der Waals surface area contributed by atoms with Crippen LogP contribution in [0.5, 0.6) is 0 Å². The Bertz CT molecular complexity index is 515. The van der Waals surface area contributed by atoms with Gasteiger partial charge in [0.2, 0.25) is 0 Å². The maximum Gasteiger partial charge on any atom is 0.194 e. The van der Waals surface area contributed by atoms with Crippen molar-refractivity contribution < 1.29 is 13.2 Å². The number of carbonyl (C=O) groups excluding carboxylic acids is 1. The average molecular weight is 319 g/mol. The van der Waals surface area contributed by atoms with Crippen LogP contribution in [0, 0.1) is 6.92 Å². The van der Waals surface area contributed by atoms with Crippen molar-refractivity contribution in [1.29, 1.82) is 0 Å². The fourth-order valence-corrected chi connectivity index (χ4v) is 3.23. The lowest BCUT2D eigenvalue weighted by molar-refractivity contribution is 0.0983. The van der Waals surface area contributed by atoms with Gasteiger partial charge >= 0.3 is 0 Å². The Balaban J connectivity index is 3.18. The molecule has 17 heavy (non-hydrogen) atoms. The number of benzene rings is 1. The highest BCUT2D eigenvalue weighted by atomic mass is 79.9. The molecule has 0 bridgehead atoms. The highest BCUT2D eigenvalue weighted by Crippen LogP contribution is 2.30. The molecule has 3 nitrogen and oxygen atoms in total. The maximum atomic E-state index is 12.2. The van der Waals surface area contributed by atoms with Gasteiger partial charge in [-0.15, -0.1) is 0 Å². The van der Waals surface area contributed by atoms with E-state index in [1.165, 1.54) is 13.8 Å². The molecule has 0 fully saturated rings. The van der Waals surface area contributed by atoms with Gasteiger partial charge in [-0.05, 0) is 13.8 Å². The second-order valence-corrected chi connectivity index (χ2v) is 8.75. The Morgan fingerprint density at radius 2 is 1.76 bits per heavy atom. The van der Waals surface area contributed by atoms with Gasteiger partial charge in [-0.1, -0.05) is 52.7 Å². The zero-order valence-corrected chi connectivity index (χ0v) is 12.4. The van der Waals surface area contributed by atoms with Crippen molar-refractivity contribution in [1.82, 2.24) is 0 Å². The summed E-state index contributed by atoms with van der Waals surface area (Å²) in [6, 6.07) is 6.86. The lowest BCUT2D eigenvalue weighted by Gasteiger charge is -2.20. The van der Waals surface area contributed by atoms with Crippen LogP contribution < -0.4 is 0 Å². The molecular formula is C12H15BrO3S. The van der Waals surface area contributed by atoms with E-state index in [1.807, 2.05) is 6.92 Å². The Morgan fingerprint density at radius 1 is 1.29 bits per heavy atom. The predicted molar refractivity (Wildman–Crippen MR) is 72.3 cm³/mol. The molecule has 0 heterocycles. The largest absolute Gasteiger partial charge is 0.291 e. The predicted octanol–water partition coefficient (Wildman–Crippen LogP) is 2.72. The molecule has 1 aromatic rings. The summed E-state index contributed by atoms with van der Waals surface area (Å²) in [6.45, 7) is 4.82. The summed E-state index contributed by atoms with van der Waals surface area (Å²) in [6.07, 6.45) is 0. The number of alkyl halides is 1. The first-order valence-electron chi connectivity index (χ1n) is 5.25. The highest BCUT2D eigenvalue weighted by molar-refractivity contribution is 9.12. The van der Waals surface area contributed by atoms with Gasteiger partial charge in [0.1, 0.15) is 0 Å². The van der Waals surface area contributed by atoms with E-state index in [0.717, 1.165) is 5.56 Å². The van der Waals surface area contributed by atoms with E-state index >= 15 is 0 Å². The van der Waals surface area contributed by atoms with Crippen LogP contribution >= 0.6 is 15.9 Å². The van der Waals surface area contributed by atoms with E-state index in [4.69, 9.17) is 0 Å². The van der Waals surface area contributed by atoms with E-state index in [9.17, 15) is 13.2 Å². The Hall–Kier alpha value is -0.680. The summed E-state index contributed by atoms with van der Waals surface area (Å²) in [7, 11) is -3.49. The van der Waals surface area contributed by atoms with Crippen LogP contribution in [0.1, 0.15) is 29.8 Å². The molecule has 0 N–H and O–H groups in total. The number of ketones is 1. The smallest absolute Gasteiger partial charge is 0.194 e. The average Bonchev–Trinajstić information content (AvgIpc) is 2.28. The fraction of sp³-hybridized carbons (Fsp3) is 0.417. The molecule has 94 valence electrons. The fourth-order valence-electron chi connectivity index (χ4n) is 1.38. The third-order valence-electron chi connectivity index (χ3n) is 2.68. The molecule has 0 spiro atoms. The van der Waals surface area contributed by atoms with Gasteiger partial charge in [0.05, 0.1) is 0 Å². The van der Waals surface area contributed by atoms with Crippen molar-refractivity contribution in [3.63, 3.8) is 0 Å².